The molecule has 0 spiro atoms. The zero-order chi connectivity index (χ0) is 13.1. The average molecular weight is 283 g/mol. The van der Waals surface area contributed by atoms with Crippen molar-refractivity contribution in [3.8, 4) is 0 Å². The third-order valence-corrected chi connectivity index (χ3v) is 6.32. The van der Waals surface area contributed by atoms with Crippen LogP contribution in [0.4, 0.5) is 0 Å². The Kier molecular flexibility index (Phi) is 4.92. The number of thioether (sulfide) groups is 2. The molecule has 0 aliphatic carbocycles. The lowest BCUT2D eigenvalue weighted by Crippen LogP contribution is -2.20. The first kappa shape index (κ1) is 14.2. The Morgan fingerprint density at radius 2 is 1.78 bits per heavy atom. The van der Waals surface area contributed by atoms with Crippen LogP contribution in [0.2, 0.25) is 0 Å². The summed E-state index contributed by atoms with van der Waals surface area (Å²) >= 11 is 4.03. The monoisotopic (exact) mass is 283 g/mol. The van der Waals surface area contributed by atoms with Crippen LogP contribution in [0.15, 0.2) is 0 Å². The van der Waals surface area contributed by atoms with Crippen molar-refractivity contribution in [3.63, 3.8) is 0 Å². The normalized spacial score (nSPS) is 24.2. The van der Waals surface area contributed by atoms with E-state index in [-0.39, 0.29) is 0 Å². The van der Waals surface area contributed by atoms with Crippen LogP contribution in [-0.2, 0) is 6.54 Å². The van der Waals surface area contributed by atoms with Crippen molar-refractivity contribution in [1.29, 1.82) is 0 Å². The maximum atomic E-state index is 4.74. The number of nitrogens with zero attached hydrogens (tertiary/aromatic N) is 2. The van der Waals surface area contributed by atoms with Crippen LogP contribution >= 0.6 is 23.5 Å². The molecule has 5 heteroatoms. The van der Waals surface area contributed by atoms with Gasteiger partial charge in [0.15, 0.2) is 0 Å². The Bertz CT molecular complexity index is 400. The number of aromatic nitrogens is 2. The molecule has 2 heterocycles. The molecule has 2 atom stereocenters. The lowest BCUT2D eigenvalue weighted by molar-refractivity contribution is 0.752. The van der Waals surface area contributed by atoms with Crippen LogP contribution in [0.1, 0.15) is 34.9 Å². The second-order valence-electron chi connectivity index (χ2n) is 4.63. The van der Waals surface area contributed by atoms with E-state index in [1.165, 1.54) is 17.1 Å². The van der Waals surface area contributed by atoms with Crippen LogP contribution in [0, 0.1) is 13.8 Å². The summed E-state index contributed by atoms with van der Waals surface area (Å²) in [5.74, 6) is 3.48. The first-order chi connectivity index (χ1) is 8.63. The molecule has 18 heavy (non-hydrogen) atoms. The fourth-order valence-corrected chi connectivity index (χ4v) is 4.93. The molecule has 1 aliphatic rings. The van der Waals surface area contributed by atoms with Gasteiger partial charge in [0.1, 0.15) is 5.82 Å². The molecule has 0 bridgehead atoms. The molecule has 0 radical (unpaired) electrons. The maximum absolute atomic E-state index is 4.74. The van der Waals surface area contributed by atoms with E-state index in [1.807, 2.05) is 30.6 Å². The minimum absolute atomic E-state index is 0.449. The quantitative estimate of drug-likeness (QED) is 0.923. The third-order valence-electron chi connectivity index (χ3n) is 3.23. The molecule has 3 nitrogen and oxygen atoms in total. The van der Waals surface area contributed by atoms with E-state index in [9.17, 15) is 0 Å². The Morgan fingerprint density at radius 1 is 1.17 bits per heavy atom. The SMILES string of the molecule is CNCc1c(C)nc(C2SCCSC2C)nc1C. The molecule has 100 valence electrons. The predicted molar refractivity (Wildman–Crippen MR) is 81.4 cm³/mol. The number of aryl methyl sites for hydroxylation is 2. The summed E-state index contributed by atoms with van der Waals surface area (Å²) in [7, 11) is 1.96. The van der Waals surface area contributed by atoms with E-state index in [1.54, 1.807) is 0 Å². The fraction of sp³-hybridized carbons (Fsp3) is 0.692. The minimum Gasteiger partial charge on any atom is -0.316 e. The lowest BCUT2D eigenvalue weighted by atomic mass is 10.1. The van der Waals surface area contributed by atoms with Crippen LogP contribution < -0.4 is 5.32 Å². The van der Waals surface area contributed by atoms with E-state index in [4.69, 9.17) is 9.97 Å². The number of rotatable bonds is 3. The summed E-state index contributed by atoms with van der Waals surface area (Å²) in [4.78, 5) is 9.48. The highest BCUT2D eigenvalue weighted by Gasteiger charge is 2.27. The highest BCUT2D eigenvalue weighted by Crippen LogP contribution is 2.41. The zero-order valence-electron chi connectivity index (χ0n) is 11.5. The molecule has 0 aromatic carbocycles. The van der Waals surface area contributed by atoms with Gasteiger partial charge in [0.05, 0.1) is 5.25 Å². The van der Waals surface area contributed by atoms with Gasteiger partial charge >= 0.3 is 0 Å². The molecular formula is C13H21N3S2. The molecule has 1 aromatic heterocycles. The maximum Gasteiger partial charge on any atom is 0.142 e. The number of nitrogens with one attached hydrogen (secondary N) is 1. The first-order valence-corrected chi connectivity index (χ1v) is 8.45. The summed E-state index contributed by atoms with van der Waals surface area (Å²) in [5, 5.41) is 4.24. The van der Waals surface area contributed by atoms with E-state index < -0.39 is 0 Å². The van der Waals surface area contributed by atoms with Crippen LogP contribution in [0.25, 0.3) is 0 Å². The van der Waals surface area contributed by atoms with Gasteiger partial charge in [-0.1, -0.05) is 6.92 Å². The van der Waals surface area contributed by atoms with Gasteiger partial charge in [-0.2, -0.15) is 11.8 Å². The van der Waals surface area contributed by atoms with E-state index >= 15 is 0 Å². The summed E-state index contributed by atoms with van der Waals surface area (Å²) < 4.78 is 0. The van der Waals surface area contributed by atoms with Crippen molar-refractivity contribution in [2.75, 3.05) is 18.6 Å². The van der Waals surface area contributed by atoms with Crippen molar-refractivity contribution < 1.29 is 0 Å². The Hall–Kier alpha value is -0.260. The average Bonchev–Trinajstić information content (AvgIpc) is 2.34. The largest absolute Gasteiger partial charge is 0.316 e. The van der Waals surface area contributed by atoms with Gasteiger partial charge in [-0.3, -0.25) is 0 Å². The molecule has 1 saturated heterocycles. The van der Waals surface area contributed by atoms with Crippen molar-refractivity contribution in [2.24, 2.45) is 0 Å². The second-order valence-corrected chi connectivity index (χ2v) is 7.36. The summed E-state index contributed by atoms with van der Waals surface area (Å²) in [6, 6.07) is 0. The van der Waals surface area contributed by atoms with E-state index in [0.717, 1.165) is 23.8 Å². The summed E-state index contributed by atoms with van der Waals surface area (Å²) in [5.41, 5.74) is 3.48. The zero-order valence-corrected chi connectivity index (χ0v) is 13.1. The third kappa shape index (κ3) is 3.00. The Morgan fingerprint density at radius 3 is 2.33 bits per heavy atom. The second kappa shape index (κ2) is 6.26. The topological polar surface area (TPSA) is 37.8 Å². The van der Waals surface area contributed by atoms with Crippen molar-refractivity contribution >= 4 is 23.5 Å². The van der Waals surface area contributed by atoms with Crippen molar-refractivity contribution in [1.82, 2.24) is 15.3 Å². The van der Waals surface area contributed by atoms with Crippen molar-refractivity contribution in [3.05, 3.63) is 22.8 Å². The molecule has 2 rings (SSSR count). The van der Waals surface area contributed by atoms with Gasteiger partial charge in [-0.05, 0) is 20.9 Å². The molecular weight excluding hydrogens is 262 g/mol. The van der Waals surface area contributed by atoms with Gasteiger partial charge in [-0.25, -0.2) is 9.97 Å². The Balaban J connectivity index is 2.29. The summed E-state index contributed by atoms with van der Waals surface area (Å²) in [6.07, 6.45) is 0. The van der Waals surface area contributed by atoms with Crippen LogP contribution in [-0.4, -0.2) is 33.8 Å². The molecule has 0 amide bonds. The van der Waals surface area contributed by atoms with Gasteiger partial charge in [-0.15, -0.1) is 11.8 Å². The van der Waals surface area contributed by atoms with Crippen LogP contribution in [0.3, 0.4) is 0 Å². The van der Waals surface area contributed by atoms with Gasteiger partial charge in [0.25, 0.3) is 0 Å². The summed E-state index contributed by atoms with van der Waals surface area (Å²) in [6.45, 7) is 7.32. The van der Waals surface area contributed by atoms with E-state index in [0.29, 0.717) is 10.5 Å². The molecule has 1 aliphatic heterocycles. The first-order valence-electron chi connectivity index (χ1n) is 6.35. The molecule has 1 aromatic rings. The van der Waals surface area contributed by atoms with Gasteiger partial charge < -0.3 is 5.32 Å². The lowest BCUT2D eigenvalue weighted by Gasteiger charge is -2.27. The Labute approximate surface area is 118 Å². The highest BCUT2D eigenvalue weighted by molar-refractivity contribution is 8.06. The van der Waals surface area contributed by atoms with Gasteiger partial charge in [0.2, 0.25) is 0 Å². The highest BCUT2D eigenvalue weighted by atomic mass is 32.2. The smallest absolute Gasteiger partial charge is 0.142 e. The van der Waals surface area contributed by atoms with E-state index in [2.05, 4.69) is 26.1 Å². The van der Waals surface area contributed by atoms with Gasteiger partial charge in [0, 0.05) is 40.3 Å². The number of hydrogen-bond donors (Lipinski definition) is 1. The van der Waals surface area contributed by atoms with Crippen LogP contribution in [0.5, 0.6) is 0 Å². The molecule has 2 unspecified atom stereocenters. The standard InChI is InChI=1S/C13H21N3S2/c1-8-11(7-14-4)9(2)16-13(15-8)12-10(3)17-5-6-18-12/h10,12,14H,5-7H2,1-4H3. The van der Waals surface area contributed by atoms with Crippen molar-refractivity contribution in [2.45, 2.75) is 37.8 Å². The predicted octanol–water partition coefficient (Wildman–Crippen LogP) is 2.72. The molecule has 1 fully saturated rings. The number of hydrogen-bond acceptors (Lipinski definition) is 5. The molecule has 0 saturated carbocycles. The fourth-order valence-electron chi connectivity index (χ4n) is 2.24. The molecule has 1 N–H and O–H groups in total. The minimum atomic E-state index is 0.449.